The number of hydrogen-bond acceptors (Lipinski definition) is 6. The average molecular weight is 424 g/mol. The van der Waals surface area contributed by atoms with Crippen molar-refractivity contribution in [2.75, 3.05) is 10.0 Å². The Morgan fingerprint density at radius 2 is 1.79 bits per heavy atom. The predicted octanol–water partition coefficient (Wildman–Crippen LogP) is 3.43. The first kappa shape index (κ1) is 19.8. The van der Waals surface area contributed by atoms with Crippen LogP contribution in [0.15, 0.2) is 47.4 Å². The van der Waals surface area contributed by atoms with Crippen molar-refractivity contribution in [1.29, 1.82) is 0 Å². The fourth-order valence-corrected chi connectivity index (χ4v) is 4.08. The topological polar surface area (TPSA) is 101 Å². The SMILES string of the molecule is CCc1nnc(NS(=O)(=O)c2ccc(NC(=O)c3ccc(F)c(F)c3)cc2)s1. The number of carbonyl (C=O) groups is 1. The first-order chi connectivity index (χ1) is 13.3. The van der Waals surface area contributed by atoms with Crippen LogP contribution < -0.4 is 10.0 Å². The molecule has 0 saturated heterocycles. The van der Waals surface area contributed by atoms with Crippen molar-refractivity contribution in [3.05, 3.63) is 64.7 Å². The molecular weight excluding hydrogens is 410 g/mol. The van der Waals surface area contributed by atoms with E-state index in [9.17, 15) is 22.0 Å². The minimum absolute atomic E-state index is 0.0356. The lowest BCUT2D eigenvalue weighted by Gasteiger charge is -2.08. The zero-order chi connectivity index (χ0) is 20.3. The summed E-state index contributed by atoms with van der Waals surface area (Å²) in [4.78, 5) is 12.1. The molecule has 1 amide bonds. The number of nitrogens with zero attached hydrogens (tertiary/aromatic N) is 2. The van der Waals surface area contributed by atoms with Gasteiger partial charge < -0.3 is 5.32 Å². The largest absolute Gasteiger partial charge is 0.322 e. The zero-order valence-electron chi connectivity index (χ0n) is 14.4. The fraction of sp³-hybridized carbons (Fsp3) is 0.118. The van der Waals surface area contributed by atoms with E-state index in [1.807, 2.05) is 6.92 Å². The van der Waals surface area contributed by atoms with Crippen LogP contribution in [-0.4, -0.2) is 24.5 Å². The molecule has 3 aromatic rings. The summed E-state index contributed by atoms with van der Waals surface area (Å²) >= 11 is 1.14. The van der Waals surface area contributed by atoms with Crippen molar-refractivity contribution in [2.24, 2.45) is 0 Å². The van der Waals surface area contributed by atoms with Gasteiger partial charge in [0.25, 0.3) is 15.9 Å². The highest BCUT2D eigenvalue weighted by Crippen LogP contribution is 2.21. The number of halogens is 2. The van der Waals surface area contributed by atoms with Crippen molar-refractivity contribution in [3.63, 3.8) is 0 Å². The standard InChI is InChI=1S/C17H14F2N4O3S2/c1-2-15-21-22-17(27-15)23-28(25,26)12-6-4-11(5-7-12)20-16(24)10-3-8-13(18)14(19)9-10/h3-9H,2H2,1H3,(H,20,24)(H,22,23). The van der Waals surface area contributed by atoms with E-state index in [2.05, 4.69) is 20.2 Å². The van der Waals surface area contributed by atoms with Gasteiger partial charge in [-0.2, -0.15) is 0 Å². The molecule has 146 valence electrons. The Morgan fingerprint density at radius 1 is 1.07 bits per heavy atom. The number of sulfonamides is 1. The second-order valence-electron chi connectivity index (χ2n) is 5.57. The molecule has 3 rings (SSSR count). The molecule has 0 aliphatic rings. The third-order valence-electron chi connectivity index (χ3n) is 3.60. The van der Waals surface area contributed by atoms with E-state index in [-0.39, 0.29) is 21.3 Å². The number of rotatable bonds is 6. The van der Waals surface area contributed by atoms with Gasteiger partial charge in [-0.25, -0.2) is 17.2 Å². The van der Waals surface area contributed by atoms with Crippen LogP contribution in [0.1, 0.15) is 22.3 Å². The molecular formula is C17H14F2N4O3S2. The molecule has 2 N–H and O–H groups in total. The van der Waals surface area contributed by atoms with Gasteiger partial charge in [0.2, 0.25) is 5.13 Å². The molecule has 11 heteroatoms. The van der Waals surface area contributed by atoms with Crippen LogP contribution in [0.4, 0.5) is 19.6 Å². The predicted molar refractivity (Wildman–Crippen MR) is 101 cm³/mol. The highest BCUT2D eigenvalue weighted by atomic mass is 32.2. The Balaban J connectivity index is 1.71. The van der Waals surface area contributed by atoms with Gasteiger partial charge in [-0.15, -0.1) is 10.2 Å². The smallest absolute Gasteiger partial charge is 0.263 e. The summed E-state index contributed by atoms with van der Waals surface area (Å²) in [6, 6.07) is 8.12. The van der Waals surface area contributed by atoms with E-state index >= 15 is 0 Å². The molecule has 0 unspecified atom stereocenters. The first-order valence-corrected chi connectivity index (χ1v) is 10.3. The summed E-state index contributed by atoms with van der Waals surface area (Å²) in [5, 5.41) is 11.0. The van der Waals surface area contributed by atoms with Crippen LogP contribution in [-0.2, 0) is 16.4 Å². The number of carbonyl (C=O) groups excluding carboxylic acids is 1. The molecule has 0 radical (unpaired) electrons. The average Bonchev–Trinajstić information content (AvgIpc) is 3.11. The summed E-state index contributed by atoms with van der Waals surface area (Å²) in [5.74, 6) is -2.85. The second-order valence-corrected chi connectivity index (χ2v) is 8.31. The quantitative estimate of drug-likeness (QED) is 0.631. The van der Waals surface area contributed by atoms with E-state index in [1.54, 1.807) is 0 Å². The third-order valence-corrected chi connectivity index (χ3v) is 6.06. The molecule has 1 aromatic heterocycles. The minimum atomic E-state index is -3.86. The van der Waals surface area contributed by atoms with E-state index in [0.29, 0.717) is 11.4 Å². The number of aromatic nitrogens is 2. The lowest BCUT2D eigenvalue weighted by atomic mass is 10.2. The normalized spacial score (nSPS) is 11.2. The molecule has 2 aromatic carbocycles. The summed E-state index contributed by atoms with van der Waals surface area (Å²) in [6.07, 6.45) is 0.645. The molecule has 0 aliphatic heterocycles. The molecule has 0 bridgehead atoms. The number of benzene rings is 2. The van der Waals surface area contributed by atoms with Gasteiger partial charge in [0.05, 0.1) is 4.90 Å². The number of aryl methyl sites for hydroxylation is 1. The van der Waals surface area contributed by atoms with Gasteiger partial charge in [0.1, 0.15) is 5.01 Å². The maximum absolute atomic E-state index is 13.2. The van der Waals surface area contributed by atoms with Crippen LogP contribution in [0.5, 0.6) is 0 Å². The molecule has 0 atom stereocenters. The zero-order valence-corrected chi connectivity index (χ0v) is 16.1. The van der Waals surface area contributed by atoms with Gasteiger partial charge in [0, 0.05) is 11.3 Å². The third kappa shape index (κ3) is 4.49. The van der Waals surface area contributed by atoms with Gasteiger partial charge >= 0.3 is 0 Å². The Morgan fingerprint density at radius 3 is 2.39 bits per heavy atom. The second kappa shape index (κ2) is 7.98. The number of amides is 1. The Kier molecular flexibility index (Phi) is 5.66. The molecule has 0 spiro atoms. The van der Waals surface area contributed by atoms with Gasteiger partial charge in [-0.1, -0.05) is 18.3 Å². The monoisotopic (exact) mass is 424 g/mol. The van der Waals surface area contributed by atoms with Crippen molar-refractivity contribution >= 4 is 38.1 Å². The number of hydrogen-bond donors (Lipinski definition) is 2. The highest BCUT2D eigenvalue weighted by Gasteiger charge is 2.17. The van der Waals surface area contributed by atoms with Gasteiger partial charge in [-0.05, 0) is 48.9 Å². The Bertz CT molecular complexity index is 1120. The fourth-order valence-electron chi connectivity index (χ4n) is 2.17. The van der Waals surface area contributed by atoms with Crippen LogP contribution in [0.2, 0.25) is 0 Å². The minimum Gasteiger partial charge on any atom is -0.322 e. The van der Waals surface area contributed by atoms with Crippen molar-refractivity contribution < 1.29 is 22.0 Å². The summed E-state index contributed by atoms with van der Waals surface area (Å²) in [7, 11) is -3.86. The summed E-state index contributed by atoms with van der Waals surface area (Å²) in [6.45, 7) is 1.88. The molecule has 1 heterocycles. The Labute approximate surface area is 163 Å². The molecule has 7 nitrogen and oxygen atoms in total. The molecule has 28 heavy (non-hydrogen) atoms. The van der Waals surface area contributed by atoms with E-state index in [0.717, 1.165) is 29.5 Å². The van der Waals surface area contributed by atoms with Crippen LogP contribution >= 0.6 is 11.3 Å². The van der Waals surface area contributed by atoms with Gasteiger partial charge in [-0.3, -0.25) is 9.52 Å². The lowest BCUT2D eigenvalue weighted by molar-refractivity contribution is 0.102. The highest BCUT2D eigenvalue weighted by molar-refractivity contribution is 7.93. The van der Waals surface area contributed by atoms with Crippen molar-refractivity contribution in [1.82, 2.24) is 10.2 Å². The summed E-state index contributed by atoms with van der Waals surface area (Å²) < 4.78 is 53.3. The van der Waals surface area contributed by atoms with Crippen LogP contribution in [0.25, 0.3) is 0 Å². The van der Waals surface area contributed by atoms with Crippen molar-refractivity contribution in [3.8, 4) is 0 Å². The van der Waals surface area contributed by atoms with E-state index < -0.39 is 27.6 Å². The molecule has 0 aliphatic carbocycles. The van der Waals surface area contributed by atoms with Gasteiger partial charge in [0.15, 0.2) is 11.6 Å². The van der Waals surface area contributed by atoms with E-state index in [4.69, 9.17) is 0 Å². The van der Waals surface area contributed by atoms with Crippen molar-refractivity contribution in [2.45, 2.75) is 18.2 Å². The Hall–Kier alpha value is -2.92. The molecule has 0 saturated carbocycles. The van der Waals surface area contributed by atoms with Crippen LogP contribution in [0, 0.1) is 11.6 Å². The first-order valence-electron chi connectivity index (χ1n) is 8.00. The number of nitrogens with one attached hydrogen (secondary N) is 2. The maximum atomic E-state index is 13.2. The summed E-state index contributed by atoms with van der Waals surface area (Å²) in [5.41, 5.74) is 0.220. The van der Waals surface area contributed by atoms with Crippen LogP contribution in [0.3, 0.4) is 0 Å². The lowest BCUT2D eigenvalue weighted by Crippen LogP contribution is -2.14. The number of anilines is 2. The maximum Gasteiger partial charge on any atom is 0.263 e. The van der Waals surface area contributed by atoms with E-state index in [1.165, 1.54) is 24.3 Å². The molecule has 0 fully saturated rings.